The van der Waals surface area contributed by atoms with E-state index in [2.05, 4.69) is 20.8 Å². The molecule has 0 heterocycles. The van der Waals surface area contributed by atoms with Crippen molar-refractivity contribution in [2.45, 2.75) is 59.5 Å². The molecule has 0 amide bonds. The van der Waals surface area contributed by atoms with E-state index >= 15 is 0 Å². The Hall–Kier alpha value is -0.530. The number of esters is 1. The zero-order valence-corrected chi connectivity index (χ0v) is 9.80. The molecule has 1 rings (SSSR count). The van der Waals surface area contributed by atoms with Crippen LogP contribution in [0.25, 0.3) is 0 Å². The summed E-state index contributed by atoms with van der Waals surface area (Å²) in [5.74, 6) is 0.626. The number of carbonyl (C=O) groups is 1. The average molecular weight is 198 g/mol. The summed E-state index contributed by atoms with van der Waals surface area (Å²) in [5, 5.41) is 0. The van der Waals surface area contributed by atoms with E-state index in [-0.39, 0.29) is 17.5 Å². The van der Waals surface area contributed by atoms with Gasteiger partial charge in [-0.2, -0.15) is 0 Å². The summed E-state index contributed by atoms with van der Waals surface area (Å²) >= 11 is 0. The van der Waals surface area contributed by atoms with Gasteiger partial charge in [0.1, 0.15) is 6.10 Å². The Bertz CT molecular complexity index is 208. The van der Waals surface area contributed by atoms with E-state index in [1.807, 2.05) is 6.92 Å². The minimum absolute atomic E-state index is 0.0281. The molecular weight excluding hydrogens is 176 g/mol. The molecule has 14 heavy (non-hydrogen) atoms. The number of hydrogen-bond donors (Lipinski definition) is 0. The quantitative estimate of drug-likeness (QED) is 0.651. The average Bonchev–Trinajstić information content (AvgIpc) is 2.32. The smallest absolute Gasteiger partial charge is 0.306 e. The highest BCUT2D eigenvalue weighted by Gasteiger charge is 2.42. The Morgan fingerprint density at radius 2 is 2.07 bits per heavy atom. The van der Waals surface area contributed by atoms with Crippen molar-refractivity contribution >= 4 is 5.97 Å². The monoisotopic (exact) mass is 198 g/mol. The number of hydrogen-bond acceptors (Lipinski definition) is 2. The van der Waals surface area contributed by atoms with Crippen LogP contribution < -0.4 is 0 Å². The Balaban J connectivity index is 2.50. The molecule has 2 atom stereocenters. The molecule has 2 heteroatoms. The lowest BCUT2D eigenvalue weighted by Crippen LogP contribution is -2.32. The van der Waals surface area contributed by atoms with Crippen LogP contribution in [0, 0.1) is 11.3 Å². The molecule has 0 spiro atoms. The molecule has 0 aliphatic heterocycles. The van der Waals surface area contributed by atoms with Gasteiger partial charge in [-0.3, -0.25) is 4.79 Å². The summed E-state index contributed by atoms with van der Waals surface area (Å²) in [6.45, 7) is 8.65. The van der Waals surface area contributed by atoms with E-state index in [0.29, 0.717) is 12.3 Å². The van der Waals surface area contributed by atoms with E-state index in [9.17, 15) is 4.79 Å². The highest BCUT2D eigenvalue weighted by atomic mass is 16.5. The highest BCUT2D eigenvalue weighted by Crippen LogP contribution is 2.44. The van der Waals surface area contributed by atoms with Crippen LogP contribution in [0.2, 0.25) is 0 Å². The largest absolute Gasteiger partial charge is 0.462 e. The highest BCUT2D eigenvalue weighted by molar-refractivity contribution is 5.69. The molecule has 0 bridgehead atoms. The van der Waals surface area contributed by atoms with Gasteiger partial charge in [0.2, 0.25) is 0 Å². The first-order valence-electron chi connectivity index (χ1n) is 5.68. The van der Waals surface area contributed by atoms with Crippen LogP contribution in [0.1, 0.15) is 53.4 Å². The first-order chi connectivity index (χ1) is 6.48. The molecule has 0 aromatic carbocycles. The predicted molar refractivity (Wildman–Crippen MR) is 57.0 cm³/mol. The third kappa shape index (κ3) is 2.28. The number of rotatable bonds is 3. The summed E-state index contributed by atoms with van der Waals surface area (Å²) in [7, 11) is 0. The molecule has 0 aromatic rings. The molecule has 0 saturated heterocycles. The maximum Gasteiger partial charge on any atom is 0.306 e. The summed E-state index contributed by atoms with van der Waals surface area (Å²) < 4.78 is 5.50. The third-order valence-electron chi connectivity index (χ3n) is 3.69. The normalized spacial score (nSPS) is 30.3. The van der Waals surface area contributed by atoms with Crippen LogP contribution in [0.4, 0.5) is 0 Å². The molecule has 0 N–H and O–H groups in total. The lowest BCUT2D eigenvalue weighted by atomic mass is 9.81. The molecule has 1 fully saturated rings. The van der Waals surface area contributed by atoms with E-state index < -0.39 is 0 Å². The fraction of sp³-hybridized carbons (Fsp3) is 0.917. The maximum atomic E-state index is 11.4. The first kappa shape index (κ1) is 11.5. The van der Waals surface area contributed by atoms with Gasteiger partial charge in [-0.1, -0.05) is 27.7 Å². The van der Waals surface area contributed by atoms with Gasteiger partial charge >= 0.3 is 5.97 Å². The van der Waals surface area contributed by atoms with Crippen LogP contribution in [0.5, 0.6) is 0 Å². The molecule has 2 unspecified atom stereocenters. The van der Waals surface area contributed by atoms with Crippen molar-refractivity contribution in [3.8, 4) is 0 Å². The van der Waals surface area contributed by atoms with Gasteiger partial charge in [0.05, 0.1) is 0 Å². The van der Waals surface area contributed by atoms with E-state index in [1.54, 1.807) is 0 Å². The van der Waals surface area contributed by atoms with Gasteiger partial charge in [0.15, 0.2) is 0 Å². The zero-order valence-electron chi connectivity index (χ0n) is 9.80. The molecule has 0 radical (unpaired) electrons. The second-order valence-electron chi connectivity index (χ2n) is 5.03. The van der Waals surface area contributed by atoms with Gasteiger partial charge in [-0.15, -0.1) is 0 Å². The topological polar surface area (TPSA) is 26.3 Å². The summed E-state index contributed by atoms with van der Waals surface area (Å²) in [5.41, 5.74) is 0.156. The van der Waals surface area contributed by atoms with Crippen molar-refractivity contribution < 1.29 is 9.53 Å². The van der Waals surface area contributed by atoms with Gasteiger partial charge in [-0.05, 0) is 25.2 Å². The van der Waals surface area contributed by atoms with Gasteiger partial charge < -0.3 is 4.74 Å². The van der Waals surface area contributed by atoms with Crippen molar-refractivity contribution in [3.63, 3.8) is 0 Å². The minimum Gasteiger partial charge on any atom is -0.462 e. The standard InChI is InChI=1S/C12H22O2/c1-5-6-11(13)14-10-8-7-9(2)12(10,3)4/h9-10H,5-8H2,1-4H3. The second kappa shape index (κ2) is 4.33. The van der Waals surface area contributed by atoms with Crippen molar-refractivity contribution in [1.29, 1.82) is 0 Å². The van der Waals surface area contributed by atoms with Crippen molar-refractivity contribution in [2.75, 3.05) is 0 Å². The summed E-state index contributed by atoms with van der Waals surface area (Å²) in [4.78, 5) is 11.4. The second-order valence-corrected chi connectivity index (χ2v) is 5.03. The molecular formula is C12H22O2. The van der Waals surface area contributed by atoms with Crippen LogP contribution in [-0.4, -0.2) is 12.1 Å². The third-order valence-corrected chi connectivity index (χ3v) is 3.69. The number of ether oxygens (including phenoxy) is 1. The molecule has 0 aromatic heterocycles. The van der Waals surface area contributed by atoms with Crippen LogP contribution >= 0.6 is 0 Å². The SMILES string of the molecule is CCCC(=O)OC1CCC(C)C1(C)C. The summed E-state index contributed by atoms with van der Waals surface area (Å²) in [6, 6.07) is 0. The molecule has 82 valence electrons. The summed E-state index contributed by atoms with van der Waals surface area (Å²) in [6.07, 6.45) is 3.78. The molecule has 1 aliphatic carbocycles. The minimum atomic E-state index is -0.0281. The van der Waals surface area contributed by atoms with E-state index in [0.717, 1.165) is 12.8 Å². The molecule has 1 aliphatic rings. The lowest BCUT2D eigenvalue weighted by Gasteiger charge is -2.30. The van der Waals surface area contributed by atoms with Crippen molar-refractivity contribution in [2.24, 2.45) is 11.3 Å². The van der Waals surface area contributed by atoms with E-state index in [4.69, 9.17) is 4.74 Å². The fourth-order valence-corrected chi connectivity index (χ4v) is 2.10. The Morgan fingerprint density at radius 3 is 2.50 bits per heavy atom. The van der Waals surface area contributed by atoms with Gasteiger partial charge in [-0.25, -0.2) is 0 Å². The maximum absolute atomic E-state index is 11.4. The Kier molecular flexibility index (Phi) is 3.57. The van der Waals surface area contributed by atoms with E-state index in [1.165, 1.54) is 6.42 Å². The van der Waals surface area contributed by atoms with Crippen molar-refractivity contribution in [1.82, 2.24) is 0 Å². The Labute approximate surface area is 87.0 Å². The van der Waals surface area contributed by atoms with Gasteiger partial charge in [0.25, 0.3) is 0 Å². The van der Waals surface area contributed by atoms with Crippen LogP contribution in [-0.2, 0) is 9.53 Å². The van der Waals surface area contributed by atoms with Gasteiger partial charge in [0, 0.05) is 11.8 Å². The number of carbonyl (C=O) groups excluding carboxylic acids is 1. The predicted octanol–water partition coefficient (Wildman–Crippen LogP) is 3.15. The molecule has 2 nitrogen and oxygen atoms in total. The van der Waals surface area contributed by atoms with Crippen LogP contribution in [0.3, 0.4) is 0 Å². The molecule has 1 saturated carbocycles. The van der Waals surface area contributed by atoms with Crippen LogP contribution in [0.15, 0.2) is 0 Å². The lowest BCUT2D eigenvalue weighted by molar-refractivity contribution is -0.154. The Morgan fingerprint density at radius 1 is 1.43 bits per heavy atom. The zero-order chi connectivity index (χ0) is 10.8. The van der Waals surface area contributed by atoms with Crippen molar-refractivity contribution in [3.05, 3.63) is 0 Å². The first-order valence-corrected chi connectivity index (χ1v) is 5.68. The fourth-order valence-electron chi connectivity index (χ4n) is 2.10.